The van der Waals surface area contributed by atoms with Gasteiger partial charge in [-0.05, 0) is 6.07 Å². The molecular formula is C17H19NO6. The molecule has 1 saturated heterocycles. The first-order valence-electron chi connectivity index (χ1n) is 7.70. The largest absolute Gasteiger partial charge is 0.479 e. The molecule has 7 nitrogen and oxygen atoms in total. The Balaban J connectivity index is 1.87. The fourth-order valence-corrected chi connectivity index (χ4v) is 3.00. The van der Waals surface area contributed by atoms with Crippen molar-refractivity contribution in [3.63, 3.8) is 0 Å². The Hall–Kier alpha value is -2.38. The topological polar surface area (TPSA) is 100 Å². The smallest absolute Gasteiger partial charge is 0.335 e. The first-order valence-corrected chi connectivity index (χ1v) is 7.70. The number of benzene rings is 1. The van der Waals surface area contributed by atoms with E-state index in [2.05, 4.69) is 0 Å². The van der Waals surface area contributed by atoms with E-state index in [4.69, 9.17) is 14.3 Å². The predicted octanol–water partition coefficient (Wildman–Crippen LogP) is 1.63. The average molecular weight is 333 g/mol. The van der Waals surface area contributed by atoms with Crippen LogP contribution in [0.2, 0.25) is 0 Å². The highest BCUT2D eigenvalue weighted by molar-refractivity contribution is 5.99. The van der Waals surface area contributed by atoms with Crippen LogP contribution in [0.15, 0.2) is 28.7 Å². The second kappa shape index (κ2) is 6.26. The fraction of sp³-hybridized carbons (Fsp3) is 0.412. The molecule has 0 spiro atoms. The number of ether oxygens (including phenoxy) is 1. The summed E-state index contributed by atoms with van der Waals surface area (Å²) in [5.41, 5.74) is -0.482. The van der Waals surface area contributed by atoms with Crippen LogP contribution in [-0.4, -0.2) is 52.8 Å². The monoisotopic (exact) mass is 333 g/mol. The van der Waals surface area contributed by atoms with Crippen molar-refractivity contribution < 1.29 is 29.0 Å². The number of aliphatic carboxylic acids is 1. The molecule has 2 heterocycles. The summed E-state index contributed by atoms with van der Waals surface area (Å²) in [6.07, 6.45) is -0.0121. The minimum absolute atomic E-state index is 0.00604. The minimum Gasteiger partial charge on any atom is -0.479 e. The normalized spacial score (nSPS) is 17.2. The number of hydrogen-bond donors (Lipinski definition) is 2. The van der Waals surface area contributed by atoms with Crippen molar-refractivity contribution in [2.45, 2.75) is 25.0 Å². The highest BCUT2D eigenvalue weighted by Gasteiger charge is 2.41. The maximum absolute atomic E-state index is 12.8. The van der Waals surface area contributed by atoms with Gasteiger partial charge in [0.25, 0.3) is 5.91 Å². The molecule has 0 unspecified atom stereocenters. The summed E-state index contributed by atoms with van der Waals surface area (Å²) in [6, 6.07) is 7.33. The zero-order valence-electron chi connectivity index (χ0n) is 13.3. The van der Waals surface area contributed by atoms with E-state index in [1.165, 1.54) is 4.90 Å². The number of aliphatic hydroxyl groups is 1. The molecule has 1 aliphatic heterocycles. The summed E-state index contributed by atoms with van der Waals surface area (Å²) in [7, 11) is 1.55. The number of carbonyl (C=O) groups excluding carboxylic acids is 1. The summed E-state index contributed by atoms with van der Waals surface area (Å²) in [4.78, 5) is 25.4. The van der Waals surface area contributed by atoms with E-state index >= 15 is 0 Å². The van der Waals surface area contributed by atoms with E-state index in [1.54, 1.807) is 13.2 Å². The van der Waals surface area contributed by atoms with Crippen molar-refractivity contribution in [1.82, 2.24) is 4.90 Å². The second-order valence-corrected chi connectivity index (χ2v) is 5.97. The van der Waals surface area contributed by atoms with E-state index < -0.39 is 11.6 Å². The Morgan fingerprint density at radius 3 is 2.58 bits per heavy atom. The number of carboxylic acids is 1. The molecule has 2 N–H and O–H groups in total. The number of carbonyl (C=O) groups is 2. The van der Waals surface area contributed by atoms with E-state index in [0.717, 1.165) is 5.39 Å². The maximum Gasteiger partial charge on any atom is 0.335 e. The van der Waals surface area contributed by atoms with E-state index in [0.29, 0.717) is 11.1 Å². The number of likely N-dealkylation sites (tertiary alicyclic amines) is 1. The Kier molecular flexibility index (Phi) is 4.29. The zero-order chi connectivity index (χ0) is 17.3. The van der Waals surface area contributed by atoms with Crippen molar-refractivity contribution in [1.29, 1.82) is 0 Å². The van der Waals surface area contributed by atoms with Gasteiger partial charge in [-0.2, -0.15) is 0 Å². The lowest BCUT2D eigenvalue weighted by Gasteiger charge is -2.35. The summed E-state index contributed by atoms with van der Waals surface area (Å²) >= 11 is 0. The van der Waals surface area contributed by atoms with Gasteiger partial charge in [-0.1, -0.05) is 18.2 Å². The molecule has 1 aliphatic rings. The van der Waals surface area contributed by atoms with Crippen LogP contribution >= 0.6 is 0 Å². The van der Waals surface area contributed by atoms with Gasteiger partial charge in [0.05, 0.1) is 6.61 Å². The molecule has 7 heteroatoms. The van der Waals surface area contributed by atoms with Gasteiger partial charge in [0.1, 0.15) is 5.58 Å². The molecular weight excluding hydrogens is 314 g/mol. The third-order valence-electron chi connectivity index (χ3n) is 4.46. The Morgan fingerprint density at radius 2 is 1.96 bits per heavy atom. The summed E-state index contributed by atoms with van der Waals surface area (Å²) in [5, 5.41) is 19.9. The van der Waals surface area contributed by atoms with Crippen molar-refractivity contribution in [3.05, 3.63) is 35.6 Å². The number of hydrogen-bond acceptors (Lipinski definition) is 5. The highest BCUT2D eigenvalue weighted by Crippen LogP contribution is 2.29. The van der Waals surface area contributed by atoms with Crippen molar-refractivity contribution in [2.75, 3.05) is 20.2 Å². The Morgan fingerprint density at radius 1 is 1.29 bits per heavy atom. The van der Waals surface area contributed by atoms with Crippen molar-refractivity contribution in [3.8, 4) is 0 Å². The number of nitrogens with zero attached hydrogens (tertiary/aromatic N) is 1. The first kappa shape index (κ1) is 16.5. The fourth-order valence-electron chi connectivity index (χ4n) is 3.00. The molecule has 1 aromatic carbocycles. The van der Waals surface area contributed by atoms with Gasteiger partial charge < -0.3 is 24.3 Å². The van der Waals surface area contributed by atoms with E-state index in [9.17, 15) is 14.7 Å². The van der Waals surface area contributed by atoms with Gasteiger partial charge >= 0.3 is 5.97 Å². The summed E-state index contributed by atoms with van der Waals surface area (Å²) in [5.74, 6) is -1.36. The molecule has 0 aliphatic carbocycles. The number of amides is 1. The first-order chi connectivity index (χ1) is 11.5. The lowest BCUT2D eigenvalue weighted by molar-refractivity contribution is -0.162. The van der Waals surface area contributed by atoms with E-state index in [1.807, 2.05) is 18.2 Å². The van der Waals surface area contributed by atoms with Crippen molar-refractivity contribution in [2.24, 2.45) is 0 Å². The van der Waals surface area contributed by atoms with Crippen LogP contribution in [0.25, 0.3) is 11.0 Å². The van der Waals surface area contributed by atoms with Gasteiger partial charge in [-0.25, -0.2) is 4.79 Å². The van der Waals surface area contributed by atoms with Crippen LogP contribution in [0.3, 0.4) is 0 Å². The number of fused-ring (bicyclic) bond motifs is 1. The molecule has 1 aromatic heterocycles. The molecule has 0 radical (unpaired) electrons. The maximum atomic E-state index is 12.8. The molecule has 1 fully saturated rings. The molecule has 24 heavy (non-hydrogen) atoms. The van der Waals surface area contributed by atoms with Crippen molar-refractivity contribution >= 4 is 22.8 Å². The number of para-hydroxylation sites is 1. The van der Waals surface area contributed by atoms with Crippen LogP contribution in [-0.2, 0) is 16.1 Å². The van der Waals surface area contributed by atoms with Crippen LogP contribution in [0.4, 0.5) is 0 Å². The molecule has 0 bridgehead atoms. The van der Waals surface area contributed by atoms with Gasteiger partial charge in [-0.15, -0.1) is 0 Å². The van der Waals surface area contributed by atoms with Gasteiger partial charge in [0.15, 0.2) is 11.4 Å². The molecule has 0 saturated carbocycles. The van der Waals surface area contributed by atoms with Crippen LogP contribution in [0.5, 0.6) is 0 Å². The van der Waals surface area contributed by atoms with Crippen LogP contribution in [0.1, 0.15) is 29.0 Å². The molecule has 2 aromatic rings. The summed E-state index contributed by atoms with van der Waals surface area (Å²) in [6.45, 7) is 0.557. The number of piperidine rings is 1. The van der Waals surface area contributed by atoms with Crippen LogP contribution < -0.4 is 0 Å². The SMILES string of the molecule is COCc1c(C(=O)N2CCC(O)(C(=O)O)CC2)oc2ccccc12. The number of rotatable bonds is 4. The Labute approximate surface area is 138 Å². The third-order valence-corrected chi connectivity index (χ3v) is 4.46. The van der Waals surface area contributed by atoms with Gasteiger partial charge in [0.2, 0.25) is 0 Å². The lowest BCUT2D eigenvalue weighted by Crippen LogP contribution is -2.50. The molecule has 3 rings (SSSR count). The zero-order valence-corrected chi connectivity index (χ0v) is 13.3. The second-order valence-electron chi connectivity index (χ2n) is 5.97. The number of furan rings is 1. The average Bonchev–Trinajstić information content (AvgIpc) is 2.94. The lowest BCUT2D eigenvalue weighted by atomic mass is 9.91. The quantitative estimate of drug-likeness (QED) is 0.882. The number of methoxy groups -OCH3 is 1. The molecule has 128 valence electrons. The standard InChI is InChI=1S/C17H19NO6/c1-23-10-12-11-4-2-3-5-13(11)24-14(12)15(19)18-8-6-17(22,7-9-18)16(20)21/h2-5,22H,6-10H2,1H3,(H,20,21). The summed E-state index contributed by atoms with van der Waals surface area (Å²) < 4.78 is 10.9. The molecule has 1 amide bonds. The number of carboxylic acid groups (broad SMARTS) is 1. The van der Waals surface area contributed by atoms with E-state index in [-0.39, 0.29) is 44.2 Å². The third kappa shape index (κ3) is 2.76. The Bertz CT molecular complexity index is 772. The highest BCUT2D eigenvalue weighted by atomic mass is 16.5. The van der Waals surface area contributed by atoms with Gasteiger partial charge in [0, 0.05) is 44.0 Å². The minimum atomic E-state index is -1.76. The molecule has 0 atom stereocenters. The predicted molar refractivity (Wildman–Crippen MR) is 84.7 cm³/mol. The van der Waals surface area contributed by atoms with Gasteiger partial charge in [-0.3, -0.25) is 4.79 Å². The van der Waals surface area contributed by atoms with Crippen LogP contribution in [0, 0.1) is 0 Å².